The maximum absolute atomic E-state index is 11.2. The van der Waals surface area contributed by atoms with Crippen LogP contribution in [-0.2, 0) is 4.79 Å². The molecule has 0 aromatic carbocycles. The fourth-order valence-corrected chi connectivity index (χ4v) is 1.15. The van der Waals surface area contributed by atoms with Crippen molar-refractivity contribution in [3.8, 4) is 0 Å². The van der Waals surface area contributed by atoms with Crippen LogP contribution in [-0.4, -0.2) is 23.0 Å². The molecule has 0 bridgehead atoms. The van der Waals surface area contributed by atoms with Gasteiger partial charge in [0.25, 0.3) is 0 Å². The maximum Gasteiger partial charge on any atom is 0.164 e. The summed E-state index contributed by atoms with van der Waals surface area (Å²) in [4.78, 5) is 11.2. The first-order valence-electron chi connectivity index (χ1n) is 4.01. The molecule has 3 N–H and O–H groups in total. The van der Waals surface area contributed by atoms with Gasteiger partial charge in [0, 0.05) is 17.9 Å². The fraction of sp³-hybridized carbons (Fsp3) is 0.875. The van der Waals surface area contributed by atoms with Crippen molar-refractivity contribution in [2.75, 3.05) is 0 Å². The number of carbonyl (C=O) groups excluding carboxylic acids is 1. The molecular formula is C8H15NO2. The first-order valence-corrected chi connectivity index (χ1v) is 4.01. The van der Waals surface area contributed by atoms with Crippen LogP contribution in [0, 0.1) is 11.8 Å². The first kappa shape index (κ1) is 8.68. The van der Waals surface area contributed by atoms with Crippen LogP contribution in [0.4, 0.5) is 0 Å². The third-order valence-electron chi connectivity index (χ3n) is 2.16. The van der Waals surface area contributed by atoms with Crippen LogP contribution >= 0.6 is 0 Å². The Morgan fingerprint density at radius 3 is 2.36 bits per heavy atom. The number of aliphatic hydroxyl groups is 1. The lowest BCUT2D eigenvalue weighted by atomic mass is 10.0. The number of hydrogen-bond donors (Lipinski definition) is 2. The summed E-state index contributed by atoms with van der Waals surface area (Å²) in [7, 11) is 0. The van der Waals surface area contributed by atoms with E-state index in [9.17, 15) is 9.90 Å². The molecule has 1 fully saturated rings. The molecule has 0 aromatic rings. The highest BCUT2D eigenvalue weighted by atomic mass is 16.3. The van der Waals surface area contributed by atoms with E-state index in [0.29, 0.717) is 0 Å². The molecule has 11 heavy (non-hydrogen) atoms. The van der Waals surface area contributed by atoms with Crippen LogP contribution in [0.15, 0.2) is 0 Å². The minimum atomic E-state index is -0.815. The van der Waals surface area contributed by atoms with Gasteiger partial charge in [-0.1, -0.05) is 13.8 Å². The van der Waals surface area contributed by atoms with Gasteiger partial charge < -0.3 is 10.8 Å². The van der Waals surface area contributed by atoms with Crippen molar-refractivity contribution in [2.24, 2.45) is 17.6 Å². The third kappa shape index (κ3) is 1.79. The number of ketones is 1. The second kappa shape index (κ2) is 2.91. The van der Waals surface area contributed by atoms with Gasteiger partial charge in [0.1, 0.15) is 6.10 Å². The van der Waals surface area contributed by atoms with E-state index in [1.807, 2.05) is 0 Å². The van der Waals surface area contributed by atoms with E-state index in [0.717, 1.165) is 6.42 Å². The Labute approximate surface area is 66.6 Å². The van der Waals surface area contributed by atoms with Crippen molar-refractivity contribution in [3.05, 3.63) is 0 Å². The highest BCUT2D eigenvalue weighted by Crippen LogP contribution is 2.32. The number of rotatable bonds is 3. The highest BCUT2D eigenvalue weighted by Gasteiger charge is 2.43. The van der Waals surface area contributed by atoms with Crippen LogP contribution in [0.2, 0.25) is 0 Å². The molecule has 1 rings (SSSR count). The maximum atomic E-state index is 11.2. The number of aliphatic hydroxyl groups excluding tert-OH is 1. The smallest absolute Gasteiger partial charge is 0.164 e. The molecule has 0 amide bonds. The van der Waals surface area contributed by atoms with Crippen molar-refractivity contribution in [1.29, 1.82) is 0 Å². The average molecular weight is 157 g/mol. The zero-order chi connectivity index (χ0) is 8.59. The summed E-state index contributed by atoms with van der Waals surface area (Å²) in [5, 5.41) is 9.37. The third-order valence-corrected chi connectivity index (χ3v) is 2.16. The van der Waals surface area contributed by atoms with E-state index in [-0.39, 0.29) is 23.7 Å². The summed E-state index contributed by atoms with van der Waals surface area (Å²) >= 11 is 0. The van der Waals surface area contributed by atoms with E-state index < -0.39 is 6.10 Å². The molecule has 0 radical (unpaired) electrons. The van der Waals surface area contributed by atoms with Crippen LogP contribution in [0.25, 0.3) is 0 Å². The fourth-order valence-electron chi connectivity index (χ4n) is 1.15. The van der Waals surface area contributed by atoms with Gasteiger partial charge in [0.05, 0.1) is 0 Å². The van der Waals surface area contributed by atoms with Crippen LogP contribution in [0.3, 0.4) is 0 Å². The Morgan fingerprint density at radius 1 is 1.64 bits per heavy atom. The first-order chi connectivity index (χ1) is 5.04. The Morgan fingerprint density at radius 2 is 2.09 bits per heavy atom. The van der Waals surface area contributed by atoms with E-state index in [1.165, 1.54) is 0 Å². The van der Waals surface area contributed by atoms with Gasteiger partial charge in [-0.05, 0) is 6.42 Å². The van der Waals surface area contributed by atoms with Gasteiger partial charge in [-0.2, -0.15) is 0 Å². The summed E-state index contributed by atoms with van der Waals surface area (Å²) in [5.74, 6) is -0.134. The van der Waals surface area contributed by atoms with E-state index >= 15 is 0 Å². The van der Waals surface area contributed by atoms with Gasteiger partial charge in [0.15, 0.2) is 5.78 Å². The summed E-state index contributed by atoms with van der Waals surface area (Å²) in [6.07, 6.45) is -0.0235. The van der Waals surface area contributed by atoms with E-state index in [2.05, 4.69) is 0 Å². The molecule has 3 atom stereocenters. The zero-order valence-corrected chi connectivity index (χ0v) is 6.95. The van der Waals surface area contributed by atoms with Gasteiger partial charge in [0.2, 0.25) is 0 Å². The average Bonchev–Trinajstić information content (AvgIpc) is 2.63. The molecule has 0 spiro atoms. The predicted octanol–water partition coefficient (Wildman–Crippen LogP) is -0.0804. The summed E-state index contributed by atoms with van der Waals surface area (Å²) < 4.78 is 0. The standard InChI is InChI=1S/C8H15NO2/c1-4(2)7(10)8(11)5-3-6(5)9/h4-6,8,11H,3,9H2,1-2H3. The number of nitrogens with two attached hydrogens (primary N) is 1. The van der Waals surface area contributed by atoms with Crippen molar-refractivity contribution in [2.45, 2.75) is 32.4 Å². The minimum Gasteiger partial charge on any atom is -0.385 e. The van der Waals surface area contributed by atoms with Crippen LogP contribution in [0.5, 0.6) is 0 Å². The molecule has 1 aliphatic rings. The molecule has 0 heterocycles. The highest BCUT2D eigenvalue weighted by molar-refractivity contribution is 5.85. The lowest BCUT2D eigenvalue weighted by Crippen LogP contribution is -2.29. The molecular weight excluding hydrogens is 142 g/mol. The molecule has 1 saturated carbocycles. The van der Waals surface area contributed by atoms with Crippen molar-refractivity contribution in [1.82, 2.24) is 0 Å². The Bertz CT molecular complexity index is 167. The lowest BCUT2D eigenvalue weighted by Gasteiger charge is -2.10. The molecule has 3 nitrogen and oxygen atoms in total. The van der Waals surface area contributed by atoms with Gasteiger partial charge in [-0.25, -0.2) is 0 Å². The Balaban J connectivity index is 2.41. The molecule has 0 aromatic heterocycles. The molecule has 0 aliphatic heterocycles. The zero-order valence-electron chi connectivity index (χ0n) is 6.95. The Kier molecular flexibility index (Phi) is 2.30. The molecule has 3 unspecified atom stereocenters. The summed E-state index contributed by atoms with van der Waals surface area (Å²) in [5.41, 5.74) is 5.49. The van der Waals surface area contributed by atoms with Gasteiger partial charge >= 0.3 is 0 Å². The van der Waals surface area contributed by atoms with E-state index in [1.54, 1.807) is 13.8 Å². The van der Waals surface area contributed by atoms with Crippen molar-refractivity contribution < 1.29 is 9.90 Å². The summed E-state index contributed by atoms with van der Waals surface area (Å²) in [6.45, 7) is 3.58. The number of carbonyl (C=O) groups is 1. The molecule has 0 saturated heterocycles. The van der Waals surface area contributed by atoms with Crippen LogP contribution in [0.1, 0.15) is 20.3 Å². The van der Waals surface area contributed by atoms with Gasteiger partial charge in [-0.3, -0.25) is 4.79 Å². The monoisotopic (exact) mass is 157 g/mol. The minimum absolute atomic E-state index is 0.0323. The van der Waals surface area contributed by atoms with E-state index in [4.69, 9.17) is 5.73 Å². The summed E-state index contributed by atoms with van der Waals surface area (Å²) in [6, 6.07) is 0.0488. The van der Waals surface area contributed by atoms with Crippen molar-refractivity contribution in [3.63, 3.8) is 0 Å². The normalized spacial score (nSPS) is 32.1. The molecule has 1 aliphatic carbocycles. The number of hydrogen-bond acceptors (Lipinski definition) is 3. The second-order valence-electron chi connectivity index (χ2n) is 3.57. The Hall–Kier alpha value is -0.410. The topological polar surface area (TPSA) is 63.3 Å². The van der Waals surface area contributed by atoms with Crippen LogP contribution < -0.4 is 5.73 Å². The SMILES string of the molecule is CC(C)C(=O)C(O)C1CC1N. The molecule has 64 valence electrons. The largest absolute Gasteiger partial charge is 0.385 e. The number of Topliss-reactive ketones (excluding diaryl/α,β-unsaturated/α-hetero) is 1. The molecule has 3 heteroatoms. The predicted molar refractivity (Wildman–Crippen MR) is 41.9 cm³/mol. The quantitative estimate of drug-likeness (QED) is 0.602. The second-order valence-corrected chi connectivity index (χ2v) is 3.57. The lowest BCUT2D eigenvalue weighted by molar-refractivity contribution is -0.131. The van der Waals surface area contributed by atoms with Gasteiger partial charge in [-0.15, -0.1) is 0 Å². The van der Waals surface area contributed by atoms with Crippen molar-refractivity contribution >= 4 is 5.78 Å².